The molecule has 1 aliphatic heterocycles. The van der Waals surface area contributed by atoms with Crippen molar-refractivity contribution in [3.05, 3.63) is 35.9 Å². The van der Waals surface area contributed by atoms with E-state index in [-0.39, 0.29) is 23.1 Å². The third-order valence-corrected chi connectivity index (χ3v) is 4.19. The van der Waals surface area contributed by atoms with Gasteiger partial charge in [-0.25, -0.2) is 0 Å². The molecule has 1 N–H and O–H groups in total. The van der Waals surface area contributed by atoms with Crippen molar-refractivity contribution in [2.24, 2.45) is 5.92 Å². The molecule has 88 valence electrons. The minimum Gasteiger partial charge on any atom is -0.296 e. The smallest absolute Gasteiger partial charge is 0.230 e. The van der Waals surface area contributed by atoms with Gasteiger partial charge < -0.3 is 0 Å². The summed E-state index contributed by atoms with van der Waals surface area (Å²) in [5.74, 6) is -0.234. The van der Waals surface area contributed by atoms with Gasteiger partial charge in [-0.1, -0.05) is 36.8 Å². The van der Waals surface area contributed by atoms with Crippen molar-refractivity contribution in [3.63, 3.8) is 0 Å². The molecule has 0 bridgehead atoms. The summed E-state index contributed by atoms with van der Waals surface area (Å²) in [6.07, 6.45) is 3.32. The molecule has 0 radical (unpaired) electrons. The number of amides is 2. The zero-order valence-electron chi connectivity index (χ0n) is 9.61. The predicted molar refractivity (Wildman–Crippen MR) is 63.2 cm³/mol. The number of imide groups is 1. The summed E-state index contributed by atoms with van der Waals surface area (Å²) in [5, 5.41) is 2.47. The molecule has 0 aromatic heterocycles. The van der Waals surface area contributed by atoms with E-state index in [0.29, 0.717) is 6.42 Å². The van der Waals surface area contributed by atoms with Gasteiger partial charge in [0.05, 0.1) is 0 Å². The van der Waals surface area contributed by atoms with Crippen LogP contribution < -0.4 is 5.32 Å². The molecule has 3 nitrogen and oxygen atoms in total. The maximum absolute atomic E-state index is 11.9. The van der Waals surface area contributed by atoms with Gasteiger partial charge in [0, 0.05) is 17.8 Å². The molecule has 1 saturated heterocycles. The fourth-order valence-corrected chi connectivity index (χ4v) is 3.44. The van der Waals surface area contributed by atoms with E-state index in [4.69, 9.17) is 0 Å². The lowest BCUT2D eigenvalue weighted by Gasteiger charge is -2.38. The Hall–Kier alpha value is -1.64. The van der Waals surface area contributed by atoms with E-state index >= 15 is 0 Å². The molecular weight excluding hydrogens is 214 g/mol. The zero-order valence-corrected chi connectivity index (χ0v) is 9.61. The summed E-state index contributed by atoms with van der Waals surface area (Å²) in [5.41, 5.74) is 0.909. The lowest BCUT2D eigenvalue weighted by molar-refractivity contribution is -0.139. The molecule has 1 aliphatic carbocycles. The Kier molecular flexibility index (Phi) is 2.28. The monoisotopic (exact) mass is 229 g/mol. The van der Waals surface area contributed by atoms with E-state index in [2.05, 4.69) is 5.32 Å². The van der Waals surface area contributed by atoms with Gasteiger partial charge in [-0.3, -0.25) is 14.9 Å². The second kappa shape index (κ2) is 3.69. The summed E-state index contributed by atoms with van der Waals surface area (Å²) in [7, 11) is 0. The van der Waals surface area contributed by atoms with E-state index in [1.165, 1.54) is 0 Å². The first kappa shape index (κ1) is 10.5. The molecule has 1 aromatic rings. The number of benzene rings is 1. The Balaban J connectivity index is 2.09. The molecule has 2 fully saturated rings. The van der Waals surface area contributed by atoms with Gasteiger partial charge in [-0.05, 0) is 18.4 Å². The van der Waals surface area contributed by atoms with Crippen molar-refractivity contribution in [3.8, 4) is 0 Å². The maximum atomic E-state index is 11.9. The average Bonchev–Trinajstić information content (AvgIpc) is 2.75. The van der Waals surface area contributed by atoms with Crippen molar-refractivity contribution in [1.82, 2.24) is 5.32 Å². The Morgan fingerprint density at radius 1 is 1.18 bits per heavy atom. The summed E-state index contributed by atoms with van der Waals surface area (Å²) >= 11 is 0. The van der Waals surface area contributed by atoms with Gasteiger partial charge in [0.25, 0.3) is 0 Å². The molecule has 1 saturated carbocycles. The highest BCUT2D eigenvalue weighted by molar-refractivity contribution is 6.01. The fourth-order valence-electron chi connectivity index (χ4n) is 3.44. The second-order valence-corrected chi connectivity index (χ2v) is 5.06. The number of piperidine rings is 1. The van der Waals surface area contributed by atoms with Gasteiger partial charge in [0.15, 0.2) is 0 Å². The number of hydrogen-bond acceptors (Lipinski definition) is 2. The molecular formula is C14H15NO2. The lowest BCUT2D eigenvalue weighted by Crippen LogP contribution is -2.52. The standard InChI is InChI=1S/C14H15NO2/c16-12-9-14(10-5-2-1-3-6-10)8-4-7-11(14)13(17)15-12/h1-3,5-6,11H,4,7-9H2,(H,15,16,17). The first-order chi connectivity index (χ1) is 8.22. The van der Waals surface area contributed by atoms with Crippen LogP contribution in [0.1, 0.15) is 31.2 Å². The van der Waals surface area contributed by atoms with Crippen LogP contribution in [-0.4, -0.2) is 11.8 Å². The Bertz CT molecular complexity index is 468. The van der Waals surface area contributed by atoms with Crippen molar-refractivity contribution >= 4 is 11.8 Å². The second-order valence-electron chi connectivity index (χ2n) is 5.06. The van der Waals surface area contributed by atoms with Crippen LogP contribution in [0.2, 0.25) is 0 Å². The summed E-state index contributed by atoms with van der Waals surface area (Å²) in [4.78, 5) is 23.6. The van der Waals surface area contributed by atoms with E-state index in [0.717, 1.165) is 24.8 Å². The van der Waals surface area contributed by atoms with Gasteiger partial charge in [0.1, 0.15) is 0 Å². The quantitative estimate of drug-likeness (QED) is 0.746. The van der Waals surface area contributed by atoms with E-state index in [1.54, 1.807) is 0 Å². The number of hydrogen-bond donors (Lipinski definition) is 1. The SMILES string of the molecule is O=C1CC2(c3ccccc3)CCCC2C(=O)N1. The molecule has 2 aliphatic rings. The largest absolute Gasteiger partial charge is 0.296 e. The number of carbonyl (C=O) groups is 2. The third-order valence-electron chi connectivity index (χ3n) is 4.19. The topological polar surface area (TPSA) is 46.2 Å². The van der Waals surface area contributed by atoms with Crippen LogP contribution in [0, 0.1) is 5.92 Å². The first-order valence-corrected chi connectivity index (χ1v) is 6.12. The van der Waals surface area contributed by atoms with E-state index in [9.17, 15) is 9.59 Å². The van der Waals surface area contributed by atoms with Crippen LogP contribution in [0.15, 0.2) is 30.3 Å². The highest BCUT2D eigenvalue weighted by atomic mass is 16.2. The minimum absolute atomic E-state index is 0.0254. The van der Waals surface area contributed by atoms with Crippen molar-refractivity contribution in [2.75, 3.05) is 0 Å². The highest BCUT2D eigenvalue weighted by Crippen LogP contribution is 2.49. The van der Waals surface area contributed by atoms with Crippen LogP contribution >= 0.6 is 0 Å². The Morgan fingerprint density at radius 2 is 1.94 bits per heavy atom. The first-order valence-electron chi connectivity index (χ1n) is 6.12. The number of carbonyl (C=O) groups excluding carboxylic acids is 2. The molecule has 1 heterocycles. The van der Waals surface area contributed by atoms with Crippen molar-refractivity contribution < 1.29 is 9.59 Å². The van der Waals surface area contributed by atoms with Crippen LogP contribution in [0.3, 0.4) is 0 Å². The summed E-state index contributed by atoms with van der Waals surface area (Å²) in [6.45, 7) is 0. The van der Waals surface area contributed by atoms with Gasteiger partial charge in [-0.15, -0.1) is 0 Å². The Morgan fingerprint density at radius 3 is 2.71 bits per heavy atom. The van der Waals surface area contributed by atoms with Crippen LogP contribution in [0.5, 0.6) is 0 Å². The molecule has 2 unspecified atom stereocenters. The number of rotatable bonds is 1. The normalized spacial score (nSPS) is 32.1. The molecule has 2 amide bonds. The van der Waals surface area contributed by atoms with Crippen molar-refractivity contribution in [2.45, 2.75) is 31.1 Å². The molecule has 3 heteroatoms. The summed E-state index contributed by atoms with van der Waals surface area (Å²) in [6, 6.07) is 10.0. The minimum atomic E-state index is -0.235. The molecule has 0 spiro atoms. The third kappa shape index (κ3) is 1.49. The summed E-state index contributed by atoms with van der Waals surface area (Å²) < 4.78 is 0. The maximum Gasteiger partial charge on any atom is 0.230 e. The molecule has 1 aromatic carbocycles. The molecule has 17 heavy (non-hydrogen) atoms. The Labute approximate surface area is 100 Å². The van der Waals surface area contributed by atoms with E-state index in [1.807, 2.05) is 30.3 Å². The average molecular weight is 229 g/mol. The van der Waals surface area contributed by atoms with Crippen LogP contribution in [-0.2, 0) is 15.0 Å². The van der Waals surface area contributed by atoms with Gasteiger partial charge >= 0.3 is 0 Å². The van der Waals surface area contributed by atoms with Gasteiger partial charge in [-0.2, -0.15) is 0 Å². The van der Waals surface area contributed by atoms with Crippen LogP contribution in [0.4, 0.5) is 0 Å². The van der Waals surface area contributed by atoms with Crippen LogP contribution in [0.25, 0.3) is 0 Å². The zero-order chi connectivity index (χ0) is 11.9. The number of fused-ring (bicyclic) bond motifs is 1. The molecule has 2 atom stereocenters. The highest BCUT2D eigenvalue weighted by Gasteiger charge is 2.52. The van der Waals surface area contributed by atoms with E-state index < -0.39 is 0 Å². The fraction of sp³-hybridized carbons (Fsp3) is 0.429. The predicted octanol–water partition coefficient (Wildman–Crippen LogP) is 1.77. The van der Waals surface area contributed by atoms with Gasteiger partial charge in [0.2, 0.25) is 11.8 Å². The van der Waals surface area contributed by atoms with Crippen molar-refractivity contribution in [1.29, 1.82) is 0 Å². The number of nitrogens with one attached hydrogen (secondary N) is 1. The lowest BCUT2D eigenvalue weighted by atomic mass is 9.67. The molecule has 3 rings (SSSR count).